The first-order valence-electron chi connectivity index (χ1n) is 4.25. The van der Waals surface area contributed by atoms with Crippen molar-refractivity contribution in [2.24, 2.45) is 7.05 Å². The van der Waals surface area contributed by atoms with Crippen LogP contribution in [0.1, 0.15) is 0 Å². The number of aromatic nitrogens is 1. The SMILES string of the molecule is CN(C)c1sc2ccccc2[n+]1C. The van der Waals surface area contributed by atoms with Crippen LogP contribution in [0.3, 0.4) is 0 Å². The summed E-state index contributed by atoms with van der Waals surface area (Å²) in [6.45, 7) is 0. The molecule has 0 radical (unpaired) electrons. The Hall–Kier alpha value is -1.09. The van der Waals surface area contributed by atoms with Crippen LogP contribution in [0.25, 0.3) is 10.2 Å². The highest BCUT2D eigenvalue weighted by Gasteiger charge is 2.15. The van der Waals surface area contributed by atoms with E-state index in [-0.39, 0.29) is 0 Å². The van der Waals surface area contributed by atoms with Crippen LogP contribution in [0, 0.1) is 0 Å². The zero-order valence-electron chi connectivity index (χ0n) is 8.11. The molecule has 13 heavy (non-hydrogen) atoms. The van der Waals surface area contributed by atoms with Gasteiger partial charge in [0.1, 0.15) is 5.52 Å². The molecule has 0 N–H and O–H groups in total. The maximum absolute atomic E-state index is 2.22. The van der Waals surface area contributed by atoms with Crippen LogP contribution in [-0.4, -0.2) is 14.1 Å². The molecule has 0 bridgehead atoms. The lowest BCUT2D eigenvalue weighted by Crippen LogP contribution is -2.33. The van der Waals surface area contributed by atoms with Gasteiger partial charge >= 0.3 is 5.13 Å². The minimum absolute atomic E-state index is 1.28. The Balaban J connectivity index is 2.74. The van der Waals surface area contributed by atoms with Crippen molar-refractivity contribution in [3.8, 4) is 0 Å². The molecule has 0 amide bonds. The van der Waals surface area contributed by atoms with Crippen LogP contribution < -0.4 is 9.47 Å². The quantitative estimate of drug-likeness (QED) is 0.626. The normalized spacial score (nSPS) is 10.7. The number of fused-ring (bicyclic) bond motifs is 1. The zero-order valence-corrected chi connectivity index (χ0v) is 8.93. The summed E-state index contributed by atoms with van der Waals surface area (Å²) in [7, 11) is 6.25. The molecule has 0 aliphatic rings. The highest BCUT2D eigenvalue weighted by Crippen LogP contribution is 2.24. The summed E-state index contributed by atoms with van der Waals surface area (Å²) in [5.41, 5.74) is 1.30. The predicted molar refractivity (Wildman–Crippen MR) is 57.3 cm³/mol. The third-order valence-electron chi connectivity index (χ3n) is 2.10. The van der Waals surface area contributed by atoms with Crippen LogP contribution in [0.15, 0.2) is 24.3 Å². The van der Waals surface area contributed by atoms with Gasteiger partial charge in [-0.15, -0.1) is 0 Å². The molecule has 0 fully saturated rings. The molecule has 1 aromatic carbocycles. The van der Waals surface area contributed by atoms with E-state index in [1.807, 2.05) is 11.3 Å². The second kappa shape index (κ2) is 3.00. The molecule has 2 rings (SSSR count). The van der Waals surface area contributed by atoms with Crippen molar-refractivity contribution in [1.82, 2.24) is 0 Å². The van der Waals surface area contributed by atoms with Crippen molar-refractivity contribution < 1.29 is 4.57 Å². The van der Waals surface area contributed by atoms with Gasteiger partial charge in [-0.2, -0.15) is 0 Å². The van der Waals surface area contributed by atoms with Crippen LogP contribution >= 0.6 is 11.3 Å². The minimum atomic E-state index is 1.28. The smallest absolute Gasteiger partial charge is 0.258 e. The molecule has 68 valence electrons. The Labute approximate surface area is 82.0 Å². The highest BCUT2D eigenvalue weighted by atomic mass is 32.1. The zero-order chi connectivity index (χ0) is 9.42. The summed E-state index contributed by atoms with van der Waals surface area (Å²) in [6.07, 6.45) is 0. The summed E-state index contributed by atoms with van der Waals surface area (Å²) < 4.78 is 3.56. The first kappa shape index (κ1) is 8.51. The Kier molecular flexibility index (Phi) is 1.96. The summed E-state index contributed by atoms with van der Waals surface area (Å²) in [5.74, 6) is 0. The number of thiazole rings is 1. The third-order valence-corrected chi connectivity index (χ3v) is 3.48. The van der Waals surface area contributed by atoms with Gasteiger partial charge in [-0.3, -0.25) is 4.90 Å². The lowest BCUT2D eigenvalue weighted by atomic mass is 10.3. The van der Waals surface area contributed by atoms with Crippen molar-refractivity contribution in [2.75, 3.05) is 19.0 Å². The molecule has 0 saturated heterocycles. The fourth-order valence-corrected chi connectivity index (χ4v) is 2.55. The molecule has 1 heterocycles. The maximum Gasteiger partial charge on any atom is 0.336 e. The number of para-hydroxylation sites is 1. The van der Waals surface area contributed by atoms with Crippen molar-refractivity contribution in [1.29, 1.82) is 0 Å². The van der Waals surface area contributed by atoms with E-state index in [2.05, 4.69) is 54.9 Å². The molecule has 2 aromatic rings. The van der Waals surface area contributed by atoms with Crippen molar-refractivity contribution in [3.63, 3.8) is 0 Å². The topological polar surface area (TPSA) is 7.12 Å². The van der Waals surface area contributed by atoms with Gasteiger partial charge in [-0.1, -0.05) is 12.1 Å². The van der Waals surface area contributed by atoms with E-state index in [1.54, 1.807) is 0 Å². The Morgan fingerprint density at radius 3 is 2.54 bits per heavy atom. The number of hydrogen-bond donors (Lipinski definition) is 0. The molecule has 0 unspecified atom stereocenters. The monoisotopic (exact) mass is 193 g/mol. The molecule has 0 atom stereocenters. The largest absolute Gasteiger partial charge is 0.336 e. The minimum Gasteiger partial charge on any atom is -0.258 e. The van der Waals surface area contributed by atoms with Gasteiger partial charge in [-0.25, -0.2) is 4.57 Å². The maximum atomic E-state index is 2.22. The average Bonchev–Trinajstić information content (AvgIpc) is 2.45. The van der Waals surface area contributed by atoms with Crippen LogP contribution in [0.2, 0.25) is 0 Å². The van der Waals surface area contributed by atoms with E-state index in [1.165, 1.54) is 15.3 Å². The molecule has 0 spiro atoms. The Morgan fingerprint density at radius 2 is 1.92 bits per heavy atom. The van der Waals surface area contributed by atoms with E-state index in [0.717, 1.165) is 0 Å². The first-order valence-corrected chi connectivity index (χ1v) is 5.06. The number of nitrogens with zero attached hydrogens (tertiary/aromatic N) is 2. The standard InChI is InChI=1S/C10H13N2S/c1-11(2)10-12(3)8-6-4-5-7-9(8)13-10/h4-7H,1-3H3/q+1. The molecule has 0 aliphatic carbocycles. The van der Waals surface area contributed by atoms with Crippen molar-refractivity contribution in [2.45, 2.75) is 0 Å². The van der Waals surface area contributed by atoms with Crippen LogP contribution in [0.4, 0.5) is 5.13 Å². The van der Waals surface area contributed by atoms with Gasteiger partial charge in [0.05, 0.1) is 25.8 Å². The van der Waals surface area contributed by atoms with E-state index in [4.69, 9.17) is 0 Å². The molecular weight excluding hydrogens is 180 g/mol. The van der Waals surface area contributed by atoms with Crippen molar-refractivity contribution in [3.05, 3.63) is 24.3 Å². The van der Waals surface area contributed by atoms with E-state index < -0.39 is 0 Å². The number of aryl methyl sites for hydroxylation is 1. The molecular formula is C10H13N2S+. The van der Waals surface area contributed by atoms with E-state index >= 15 is 0 Å². The van der Waals surface area contributed by atoms with Gasteiger partial charge in [0, 0.05) is 0 Å². The number of benzene rings is 1. The highest BCUT2D eigenvalue weighted by molar-refractivity contribution is 7.21. The fraction of sp³-hybridized carbons (Fsp3) is 0.300. The van der Waals surface area contributed by atoms with Gasteiger partial charge < -0.3 is 0 Å². The lowest BCUT2D eigenvalue weighted by Gasteiger charge is -2.00. The number of hydrogen-bond acceptors (Lipinski definition) is 2. The second-order valence-electron chi connectivity index (χ2n) is 3.31. The molecule has 0 saturated carbocycles. The second-order valence-corrected chi connectivity index (χ2v) is 4.31. The van der Waals surface area contributed by atoms with Gasteiger partial charge in [-0.05, 0) is 23.5 Å². The molecule has 1 aromatic heterocycles. The Morgan fingerprint density at radius 1 is 1.23 bits per heavy atom. The predicted octanol–water partition coefficient (Wildman–Crippen LogP) is 1.79. The third kappa shape index (κ3) is 1.29. The lowest BCUT2D eigenvalue weighted by molar-refractivity contribution is -0.628. The van der Waals surface area contributed by atoms with Gasteiger partial charge in [0.25, 0.3) is 0 Å². The van der Waals surface area contributed by atoms with Crippen LogP contribution in [0.5, 0.6) is 0 Å². The molecule has 0 aliphatic heterocycles. The summed E-state index contributed by atoms with van der Waals surface area (Å²) >= 11 is 1.82. The summed E-state index contributed by atoms with van der Waals surface area (Å²) in [6, 6.07) is 8.47. The fourth-order valence-electron chi connectivity index (χ4n) is 1.48. The van der Waals surface area contributed by atoms with Crippen LogP contribution in [-0.2, 0) is 7.05 Å². The molecule has 2 nitrogen and oxygen atoms in total. The average molecular weight is 193 g/mol. The number of anilines is 1. The van der Waals surface area contributed by atoms with E-state index in [9.17, 15) is 0 Å². The summed E-state index contributed by atoms with van der Waals surface area (Å²) in [5, 5.41) is 1.28. The first-order chi connectivity index (χ1) is 6.20. The van der Waals surface area contributed by atoms with E-state index in [0.29, 0.717) is 0 Å². The summed E-state index contributed by atoms with van der Waals surface area (Å²) in [4.78, 5) is 2.14. The van der Waals surface area contributed by atoms with Gasteiger partial charge in [0.15, 0.2) is 0 Å². The Bertz CT molecular complexity index is 431. The van der Waals surface area contributed by atoms with Crippen molar-refractivity contribution >= 4 is 26.7 Å². The number of rotatable bonds is 1. The molecule has 3 heteroatoms. The van der Waals surface area contributed by atoms with Gasteiger partial charge in [0.2, 0.25) is 0 Å².